The number of nitrogens with two attached hydrogens (primary N) is 1. The molecule has 1 aromatic carbocycles. The summed E-state index contributed by atoms with van der Waals surface area (Å²) in [6.07, 6.45) is -0.283. The maximum Gasteiger partial charge on any atom is 0.410 e. The lowest BCUT2D eigenvalue weighted by Crippen LogP contribution is -2.59. The summed E-state index contributed by atoms with van der Waals surface area (Å²) in [6.45, 7) is 6.85. The number of hydrogen-bond acceptors (Lipinski definition) is 5. The van der Waals surface area contributed by atoms with Gasteiger partial charge < -0.3 is 25.4 Å². The molecule has 7 heteroatoms. The van der Waals surface area contributed by atoms with Crippen LogP contribution >= 0.6 is 0 Å². The molecule has 1 aliphatic heterocycles. The molecule has 1 fully saturated rings. The number of ether oxygens (including phenoxy) is 1. The zero-order valence-corrected chi connectivity index (χ0v) is 15.1. The molecule has 7 nitrogen and oxygen atoms in total. The SMILES string of the molecule is CC(C)(C)OC(=O)N1CCN(C(=O)Cc2ccccc2O)C(CN)C1. The largest absolute Gasteiger partial charge is 0.508 e. The van der Waals surface area contributed by atoms with Crippen LogP contribution in [-0.4, -0.2) is 64.7 Å². The molecule has 2 amide bonds. The van der Waals surface area contributed by atoms with E-state index in [4.69, 9.17) is 10.5 Å². The topological polar surface area (TPSA) is 96.1 Å². The van der Waals surface area contributed by atoms with Crippen molar-refractivity contribution in [2.24, 2.45) is 5.73 Å². The maximum atomic E-state index is 12.6. The van der Waals surface area contributed by atoms with Gasteiger partial charge in [0.15, 0.2) is 0 Å². The van der Waals surface area contributed by atoms with Crippen LogP contribution in [-0.2, 0) is 16.0 Å². The Bertz CT molecular complexity index is 627. The number of aromatic hydroxyl groups is 1. The van der Waals surface area contributed by atoms with E-state index in [1.165, 1.54) is 0 Å². The average molecular weight is 349 g/mol. The summed E-state index contributed by atoms with van der Waals surface area (Å²) in [7, 11) is 0. The van der Waals surface area contributed by atoms with Gasteiger partial charge in [0.25, 0.3) is 0 Å². The van der Waals surface area contributed by atoms with E-state index in [9.17, 15) is 14.7 Å². The van der Waals surface area contributed by atoms with Crippen molar-refractivity contribution in [2.75, 3.05) is 26.2 Å². The first-order chi connectivity index (χ1) is 11.7. The molecule has 0 radical (unpaired) electrons. The Balaban J connectivity index is 2.01. The molecular weight excluding hydrogens is 322 g/mol. The van der Waals surface area contributed by atoms with E-state index in [1.807, 2.05) is 20.8 Å². The second-order valence-corrected chi connectivity index (χ2v) is 7.21. The van der Waals surface area contributed by atoms with Crippen molar-refractivity contribution in [3.63, 3.8) is 0 Å². The summed E-state index contributed by atoms with van der Waals surface area (Å²) < 4.78 is 5.39. The minimum absolute atomic E-state index is 0.104. The van der Waals surface area contributed by atoms with Gasteiger partial charge in [-0.1, -0.05) is 18.2 Å². The Labute approximate surface area is 148 Å². The minimum Gasteiger partial charge on any atom is -0.508 e. The van der Waals surface area contributed by atoms with Gasteiger partial charge in [0, 0.05) is 31.7 Å². The van der Waals surface area contributed by atoms with E-state index >= 15 is 0 Å². The Hall–Kier alpha value is -2.28. The lowest BCUT2D eigenvalue weighted by atomic mass is 10.1. The van der Waals surface area contributed by atoms with Gasteiger partial charge in [-0.05, 0) is 26.8 Å². The van der Waals surface area contributed by atoms with E-state index in [0.29, 0.717) is 25.2 Å². The fourth-order valence-corrected chi connectivity index (χ4v) is 2.80. The van der Waals surface area contributed by atoms with Crippen molar-refractivity contribution in [3.8, 4) is 5.75 Å². The van der Waals surface area contributed by atoms with Crippen LogP contribution in [0.3, 0.4) is 0 Å². The molecular formula is C18H27N3O4. The summed E-state index contributed by atoms with van der Waals surface area (Å²) in [4.78, 5) is 28.1. The van der Waals surface area contributed by atoms with Crippen LogP contribution < -0.4 is 5.73 Å². The Morgan fingerprint density at radius 3 is 2.56 bits per heavy atom. The molecule has 2 rings (SSSR count). The van der Waals surface area contributed by atoms with Gasteiger partial charge in [0.1, 0.15) is 11.4 Å². The number of para-hydroxylation sites is 1. The molecule has 1 saturated heterocycles. The van der Waals surface area contributed by atoms with Crippen molar-refractivity contribution in [1.29, 1.82) is 0 Å². The molecule has 1 unspecified atom stereocenters. The van der Waals surface area contributed by atoms with Gasteiger partial charge in [-0.25, -0.2) is 4.79 Å². The number of piperazine rings is 1. The zero-order valence-electron chi connectivity index (χ0n) is 15.1. The summed E-state index contributed by atoms with van der Waals surface area (Å²) in [5.41, 5.74) is 5.84. The van der Waals surface area contributed by atoms with Crippen LogP contribution in [0.5, 0.6) is 5.75 Å². The second-order valence-electron chi connectivity index (χ2n) is 7.21. The van der Waals surface area contributed by atoms with Crippen LogP contribution in [0.1, 0.15) is 26.3 Å². The molecule has 0 saturated carbocycles. The fourth-order valence-electron chi connectivity index (χ4n) is 2.80. The monoisotopic (exact) mass is 349 g/mol. The number of phenols is 1. The van der Waals surface area contributed by atoms with Gasteiger partial charge in [-0.3, -0.25) is 4.79 Å². The summed E-state index contributed by atoms with van der Waals surface area (Å²) in [5.74, 6) is -0.00618. The third-order valence-electron chi connectivity index (χ3n) is 4.06. The standard InChI is InChI=1S/C18H27N3O4/c1-18(2,3)25-17(24)20-8-9-21(14(11-19)12-20)16(23)10-13-6-4-5-7-15(13)22/h4-7,14,22H,8-12,19H2,1-3H3. The smallest absolute Gasteiger partial charge is 0.410 e. The van der Waals surface area contributed by atoms with Crippen molar-refractivity contribution < 1.29 is 19.4 Å². The van der Waals surface area contributed by atoms with Crippen molar-refractivity contribution >= 4 is 12.0 Å². The highest BCUT2D eigenvalue weighted by Crippen LogP contribution is 2.19. The van der Waals surface area contributed by atoms with Crippen LogP contribution in [0.4, 0.5) is 4.79 Å². The predicted molar refractivity (Wildman–Crippen MR) is 94.2 cm³/mol. The molecule has 138 valence electrons. The van der Waals surface area contributed by atoms with Gasteiger partial charge >= 0.3 is 6.09 Å². The fraction of sp³-hybridized carbons (Fsp3) is 0.556. The minimum atomic E-state index is -0.562. The number of carbonyl (C=O) groups excluding carboxylic acids is 2. The Kier molecular flexibility index (Phi) is 5.89. The Morgan fingerprint density at radius 1 is 1.28 bits per heavy atom. The number of rotatable bonds is 3. The van der Waals surface area contributed by atoms with Crippen LogP contribution in [0.2, 0.25) is 0 Å². The number of carbonyl (C=O) groups is 2. The van der Waals surface area contributed by atoms with Gasteiger partial charge in [-0.2, -0.15) is 0 Å². The van der Waals surface area contributed by atoms with E-state index in [1.54, 1.807) is 34.1 Å². The molecule has 0 spiro atoms. The summed E-state index contributed by atoms with van der Waals surface area (Å²) in [6, 6.07) is 6.51. The average Bonchev–Trinajstić information content (AvgIpc) is 2.54. The maximum absolute atomic E-state index is 12.6. The number of amides is 2. The number of hydrogen-bond donors (Lipinski definition) is 2. The lowest BCUT2D eigenvalue weighted by Gasteiger charge is -2.41. The van der Waals surface area contributed by atoms with Crippen molar-refractivity contribution in [1.82, 2.24) is 9.80 Å². The van der Waals surface area contributed by atoms with Crippen LogP contribution in [0.25, 0.3) is 0 Å². The Morgan fingerprint density at radius 2 is 1.96 bits per heavy atom. The molecule has 0 bridgehead atoms. The third-order valence-corrected chi connectivity index (χ3v) is 4.06. The molecule has 1 atom stereocenters. The molecule has 1 aromatic rings. The number of benzene rings is 1. The molecule has 25 heavy (non-hydrogen) atoms. The lowest BCUT2D eigenvalue weighted by molar-refractivity contribution is -0.135. The summed E-state index contributed by atoms with van der Waals surface area (Å²) in [5, 5.41) is 9.84. The third kappa shape index (κ3) is 5.09. The first-order valence-corrected chi connectivity index (χ1v) is 8.45. The molecule has 0 aliphatic carbocycles. The molecule has 3 N–H and O–H groups in total. The first kappa shape index (κ1) is 19.1. The van der Waals surface area contributed by atoms with Crippen molar-refractivity contribution in [2.45, 2.75) is 38.8 Å². The van der Waals surface area contributed by atoms with Crippen molar-refractivity contribution in [3.05, 3.63) is 29.8 Å². The van der Waals surface area contributed by atoms with E-state index in [0.717, 1.165) is 0 Å². The van der Waals surface area contributed by atoms with Crippen LogP contribution in [0, 0.1) is 0 Å². The van der Waals surface area contributed by atoms with Crippen LogP contribution in [0.15, 0.2) is 24.3 Å². The number of phenolic OH excluding ortho intramolecular Hbond substituents is 1. The highest BCUT2D eigenvalue weighted by molar-refractivity contribution is 5.80. The van der Waals surface area contributed by atoms with Gasteiger partial charge in [0.2, 0.25) is 5.91 Å². The van der Waals surface area contributed by atoms with E-state index < -0.39 is 11.7 Å². The molecule has 1 aliphatic rings. The zero-order chi connectivity index (χ0) is 18.6. The van der Waals surface area contributed by atoms with Gasteiger partial charge in [0.05, 0.1) is 12.5 Å². The number of nitrogens with zero attached hydrogens (tertiary/aromatic N) is 2. The summed E-state index contributed by atoms with van der Waals surface area (Å²) >= 11 is 0. The molecule has 1 heterocycles. The quantitative estimate of drug-likeness (QED) is 0.858. The van der Waals surface area contributed by atoms with E-state index in [-0.39, 0.29) is 30.7 Å². The molecule has 0 aromatic heterocycles. The highest BCUT2D eigenvalue weighted by atomic mass is 16.6. The highest BCUT2D eigenvalue weighted by Gasteiger charge is 2.33. The second kappa shape index (κ2) is 7.74. The predicted octanol–water partition coefficient (Wildman–Crippen LogP) is 1.34. The normalized spacial score (nSPS) is 18.2. The first-order valence-electron chi connectivity index (χ1n) is 8.45. The van der Waals surface area contributed by atoms with E-state index in [2.05, 4.69) is 0 Å². The van der Waals surface area contributed by atoms with Gasteiger partial charge in [-0.15, -0.1) is 0 Å².